The van der Waals surface area contributed by atoms with Gasteiger partial charge in [-0.3, -0.25) is 0 Å². The van der Waals surface area contributed by atoms with Gasteiger partial charge in [0.2, 0.25) is 0 Å². The summed E-state index contributed by atoms with van der Waals surface area (Å²) in [5.74, 6) is 1.43. The van der Waals surface area contributed by atoms with E-state index in [0.717, 1.165) is 19.5 Å². The maximum Gasteiger partial charge on any atom is 0.257 e. The molecule has 0 N–H and O–H groups in total. The fourth-order valence-corrected chi connectivity index (χ4v) is 5.89. The molecule has 1 heterocycles. The van der Waals surface area contributed by atoms with E-state index in [9.17, 15) is 0 Å². The molecule has 0 atom stereocenters. The van der Waals surface area contributed by atoms with Crippen LogP contribution in [-0.4, -0.2) is 4.57 Å². The van der Waals surface area contributed by atoms with Gasteiger partial charge in [-0.25, -0.2) is 9.13 Å². The average Bonchev–Trinajstić information content (AvgIpc) is 3.24. The normalized spacial score (nSPS) is 11.6. The molecule has 0 aliphatic rings. The van der Waals surface area contributed by atoms with Crippen LogP contribution in [-0.2, 0) is 19.5 Å². The Balaban J connectivity index is 1.42. The van der Waals surface area contributed by atoms with Crippen molar-refractivity contribution in [2.24, 2.45) is 0 Å². The average molecular weight is 498 g/mol. The summed E-state index contributed by atoms with van der Waals surface area (Å²) < 4.78 is 5.17. The fraction of sp³-hybridized carbons (Fsp3) is 0.250. The lowest BCUT2D eigenvalue weighted by Crippen LogP contribution is -2.38. The zero-order valence-electron chi connectivity index (χ0n) is 22.4. The Bertz CT molecular complexity index is 1570. The molecule has 0 bridgehead atoms. The van der Waals surface area contributed by atoms with Crippen LogP contribution in [0, 0.1) is 0 Å². The van der Waals surface area contributed by atoms with E-state index < -0.39 is 0 Å². The lowest BCUT2D eigenvalue weighted by molar-refractivity contribution is -0.671. The molecule has 0 unspecified atom stereocenters. The highest BCUT2D eigenvalue weighted by Gasteiger charge is 2.25. The highest BCUT2D eigenvalue weighted by Crippen LogP contribution is 2.23. The summed E-state index contributed by atoms with van der Waals surface area (Å²) in [4.78, 5) is 0. The maximum atomic E-state index is 2.58. The predicted molar refractivity (Wildman–Crippen MR) is 161 cm³/mol. The Kier molecular flexibility index (Phi) is 7.22. The van der Waals surface area contributed by atoms with Crippen LogP contribution in [0.2, 0.25) is 0 Å². The zero-order valence-corrected chi connectivity index (χ0v) is 22.4. The van der Waals surface area contributed by atoms with Gasteiger partial charge < -0.3 is 0 Å². The first-order valence-electron chi connectivity index (χ1n) is 14.3. The molecular weight excluding hydrogens is 460 g/mol. The number of hydrogen-bond acceptors (Lipinski definition) is 0. The Morgan fingerprint density at radius 2 is 1.18 bits per heavy atom. The van der Waals surface area contributed by atoms with Gasteiger partial charge in [-0.1, -0.05) is 118 Å². The van der Waals surface area contributed by atoms with Gasteiger partial charge >= 0.3 is 0 Å². The minimum absolute atomic E-state index is 0.889. The van der Waals surface area contributed by atoms with Gasteiger partial charge in [-0.05, 0) is 63.4 Å². The number of benzene rings is 5. The van der Waals surface area contributed by atoms with E-state index in [4.69, 9.17) is 0 Å². The number of aromatic nitrogens is 2. The van der Waals surface area contributed by atoms with Crippen LogP contribution in [0.5, 0.6) is 0 Å². The third-order valence-electron chi connectivity index (χ3n) is 7.90. The van der Waals surface area contributed by atoms with Gasteiger partial charge in [0.05, 0.1) is 0 Å². The molecule has 0 amide bonds. The number of hydrogen-bond donors (Lipinski definition) is 0. The largest absolute Gasteiger partial charge is 0.257 e. The van der Waals surface area contributed by atoms with E-state index in [0.29, 0.717) is 0 Å². The molecule has 2 nitrogen and oxygen atoms in total. The third-order valence-corrected chi connectivity index (χ3v) is 7.90. The summed E-state index contributed by atoms with van der Waals surface area (Å²) in [5, 5.41) is 5.23. The van der Waals surface area contributed by atoms with E-state index in [1.165, 1.54) is 81.6 Å². The van der Waals surface area contributed by atoms with Crippen LogP contribution in [0.1, 0.15) is 56.0 Å². The molecule has 2 heteroatoms. The van der Waals surface area contributed by atoms with Gasteiger partial charge in [-0.15, -0.1) is 0 Å². The number of imidazole rings is 1. The molecule has 190 valence electrons. The Morgan fingerprint density at radius 3 is 1.92 bits per heavy atom. The van der Waals surface area contributed by atoms with Crippen molar-refractivity contribution in [2.45, 2.75) is 58.5 Å². The Morgan fingerprint density at radius 1 is 0.579 bits per heavy atom. The number of rotatable bonds is 10. The van der Waals surface area contributed by atoms with Crippen LogP contribution >= 0.6 is 0 Å². The molecule has 0 radical (unpaired) electrons. The number of nitrogens with zero attached hydrogens (tertiary/aromatic N) is 2. The summed E-state index contributed by atoms with van der Waals surface area (Å²) in [6, 6.07) is 40.2. The number of unbranched alkanes of at least 4 members (excludes halogenated alkanes) is 4. The second kappa shape index (κ2) is 11.2. The van der Waals surface area contributed by atoms with Crippen molar-refractivity contribution < 1.29 is 4.57 Å². The third kappa shape index (κ3) is 5.09. The van der Waals surface area contributed by atoms with Crippen molar-refractivity contribution in [2.75, 3.05) is 0 Å². The smallest absolute Gasteiger partial charge is 0.223 e. The molecule has 1 aromatic heterocycles. The van der Waals surface area contributed by atoms with Crippen molar-refractivity contribution in [1.29, 1.82) is 0 Å². The van der Waals surface area contributed by atoms with Crippen molar-refractivity contribution in [3.63, 3.8) is 0 Å². The number of fused-ring (bicyclic) bond motifs is 3. The molecule has 0 aliphatic heterocycles. The van der Waals surface area contributed by atoms with Gasteiger partial charge in [-0.2, -0.15) is 0 Å². The summed E-state index contributed by atoms with van der Waals surface area (Å²) in [6.45, 7) is 4.07. The topological polar surface area (TPSA) is 8.81 Å². The molecule has 0 saturated heterocycles. The van der Waals surface area contributed by atoms with Crippen molar-refractivity contribution >= 4 is 32.6 Å². The van der Waals surface area contributed by atoms with Crippen LogP contribution < -0.4 is 4.57 Å². The Labute approximate surface area is 226 Å². The molecule has 0 spiro atoms. The van der Waals surface area contributed by atoms with E-state index in [-0.39, 0.29) is 0 Å². The monoisotopic (exact) mass is 497 g/mol. The van der Waals surface area contributed by atoms with Gasteiger partial charge in [0.15, 0.2) is 11.0 Å². The molecular formula is C36H37N2+. The maximum absolute atomic E-state index is 2.58. The highest BCUT2D eigenvalue weighted by molar-refractivity contribution is 5.84. The van der Waals surface area contributed by atoms with Gasteiger partial charge in [0.1, 0.15) is 13.1 Å². The zero-order chi connectivity index (χ0) is 25.7. The van der Waals surface area contributed by atoms with Crippen LogP contribution in [0.15, 0.2) is 109 Å². The van der Waals surface area contributed by atoms with E-state index in [2.05, 4.69) is 125 Å². The molecule has 6 rings (SSSR count). The first-order chi connectivity index (χ1) is 18.8. The summed E-state index contributed by atoms with van der Waals surface area (Å²) in [7, 11) is 0. The first kappa shape index (κ1) is 24.4. The lowest BCUT2D eigenvalue weighted by atomic mass is 10.1. The summed E-state index contributed by atoms with van der Waals surface area (Å²) >= 11 is 0. The van der Waals surface area contributed by atoms with Crippen LogP contribution in [0.3, 0.4) is 0 Å². The van der Waals surface area contributed by atoms with Gasteiger partial charge in [0.25, 0.3) is 5.82 Å². The SMILES string of the molecule is CCCCCCCc1n(Cc2ccc3ccccc3c2)c2ccccc2[n+]1Cc1ccc2ccccc2c1. The fourth-order valence-electron chi connectivity index (χ4n) is 5.89. The van der Waals surface area contributed by atoms with E-state index in [1.807, 2.05) is 0 Å². The minimum Gasteiger partial charge on any atom is -0.223 e. The van der Waals surface area contributed by atoms with Crippen molar-refractivity contribution in [3.8, 4) is 0 Å². The summed E-state index contributed by atoms with van der Waals surface area (Å²) in [5.41, 5.74) is 5.36. The van der Waals surface area contributed by atoms with Crippen LogP contribution in [0.25, 0.3) is 32.6 Å². The first-order valence-corrected chi connectivity index (χ1v) is 14.3. The minimum atomic E-state index is 0.889. The quantitative estimate of drug-likeness (QED) is 0.132. The summed E-state index contributed by atoms with van der Waals surface area (Å²) in [6.07, 6.45) is 7.56. The van der Waals surface area contributed by atoms with E-state index in [1.54, 1.807) is 0 Å². The van der Waals surface area contributed by atoms with Crippen LogP contribution in [0.4, 0.5) is 0 Å². The molecule has 6 aromatic rings. The second-order valence-electron chi connectivity index (χ2n) is 10.6. The molecule has 38 heavy (non-hydrogen) atoms. The molecule has 0 aliphatic carbocycles. The molecule has 5 aromatic carbocycles. The van der Waals surface area contributed by atoms with Crippen molar-refractivity contribution in [3.05, 3.63) is 126 Å². The van der Waals surface area contributed by atoms with Gasteiger partial charge in [0, 0.05) is 6.42 Å². The molecule has 0 saturated carbocycles. The van der Waals surface area contributed by atoms with Crippen molar-refractivity contribution in [1.82, 2.24) is 4.57 Å². The molecule has 0 fully saturated rings. The Hall–Kier alpha value is -3.91. The second-order valence-corrected chi connectivity index (χ2v) is 10.6. The number of para-hydroxylation sites is 2. The highest BCUT2D eigenvalue weighted by atomic mass is 15.2. The lowest BCUT2D eigenvalue weighted by Gasteiger charge is -2.08. The van der Waals surface area contributed by atoms with E-state index >= 15 is 0 Å². The predicted octanol–water partition coefficient (Wildman–Crippen LogP) is 8.84. The standard InChI is InChI=1S/C36H37N2/c1-2-3-4-5-6-19-36-37(26-28-20-22-30-13-7-9-15-32(30)24-28)34-17-11-12-18-35(34)38(36)27-29-21-23-31-14-8-10-16-33(31)25-29/h7-18,20-25H,2-6,19,26-27H2,1H3/q+1.